The molecule has 3 aromatic rings. The van der Waals surface area contributed by atoms with Crippen LogP contribution in [0.3, 0.4) is 0 Å². The van der Waals surface area contributed by atoms with E-state index < -0.39 is 29.1 Å². The molecule has 2 aromatic carbocycles. The second-order valence-corrected chi connectivity index (χ2v) is 7.16. The van der Waals surface area contributed by atoms with Crippen LogP contribution in [0.15, 0.2) is 51.7 Å². The summed E-state index contributed by atoms with van der Waals surface area (Å²) in [5.41, 5.74) is -1.40. The summed E-state index contributed by atoms with van der Waals surface area (Å²) in [6.07, 6.45) is -3.91. The van der Waals surface area contributed by atoms with Gasteiger partial charge >= 0.3 is 12.1 Å². The molecule has 33 heavy (non-hydrogen) atoms. The van der Waals surface area contributed by atoms with Crippen molar-refractivity contribution in [2.24, 2.45) is 5.92 Å². The molecule has 0 atom stereocenters. The van der Waals surface area contributed by atoms with E-state index in [0.717, 1.165) is 6.07 Å². The summed E-state index contributed by atoms with van der Waals surface area (Å²) >= 11 is 0. The second-order valence-electron chi connectivity index (χ2n) is 7.16. The molecule has 0 radical (unpaired) electrons. The van der Waals surface area contributed by atoms with Crippen LogP contribution in [0, 0.1) is 5.92 Å². The molecular formula is C24H23F3O6. The number of hydrogen-bond acceptors (Lipinski definition) is 6. The third-order valence-electron chi connectivity index (χ3n) is 4.98. The average Bonchev–Trinajstić information content (AvgIpc) is 2.77. The van der Waals surface area contributed by atoms with Crippen LogP contribution < -0.4 is 19.6 Å². The van der Waals surface area contributed by atoms with Crippen LogP contribution in [0.25, 0.3) is 11.0 Å². The molecule has 1 heterocycles. The van der Waals surface area contributed by atoms with Gasteiger partial charge in [-0.05, 0) is 44.0 Å². The van der Waals surface area contributed by atoms with Crippen LogP contribution in [-0.2, 0) is 11.0 Å². The predicted molar refractivity (Wildman–Crippen MR) is 115 cm³/mol. The number of fused-ring (bicyclic) bond motifs is 1. The Labute approximate surface area is 187 Å². The first-order chi connectivity index (χ1) is 15.7. The first-order valence-electron chi connectivity index (χ1n) is 10.5. The Morgan fingerprint density at radius 2 is 1.70 bits per heavy atom. The Balaban J connectivity index is 2.09. The molecule has 0 fully saturated rings. The van der Waals surface area contributed by atoms with Crippen molar-refractivity contribution in [3.8, 4) is 23.0 Å². The molecule has 176 valence electrons. The molecule has 0 aliphatic rings. The minimum Gasteiger partial charge on any atom is -0.490 e. The summed E-state index contributed by atoms with van der Waals surface area (Å²) in [6, 6.07) is 9.70. The molecule has 0 aliphatic carbocycles. The highest BCUT2D eigenvalue weighted by Crippen LogP contribution is 2.40. The number of ether oxygens (including phenoxy) is 3. The Morgan fingerprint density at radius 3 is 2.30 bits per heavy atom. The lowest BCUT2D eigenvalue weighted by Crippen LogP contribution is -2.19. The third-order valence-corrected chi connectivity index (χ3v) is 4.98. The van der Waals surface area contributed by atoms with Crippen molar-refractivity contribution in [2.75, 3.05) is 6.61 Å². The van der Waals surface area contributed by atoms with Gasteiger partial charge in [0.15, 0.2) is 11.5 Å². The van der Waals surface area contributed by atoms with Gasteiger partial charge in [0.05, 0.1) is 17.9 Å². The Hall–Kier alpha value is -3.49. The maximum Gasteiger partial charge on any atom is 0.453 e. The van der Waals surface area contributed by atoms with E-state index in [0.29, 0.717) is 12.8 Å². The molecule has 0 aliphatic heterocycles. The first-order valence-corrected chi connectivity index (χ1v) is 10.5. The molecule has 3 rings (SSSR count). The second kappa shape index (κ2) is 9.97. The predicted octanol–water partition coefficient (Wildman–Crippen LogP) is 6.34. The van der Waals surface area contributed by atoms with Gasteiger partial charge in [0.2, 0.25) is 11.2 Å². The fourth-order valence-corrected chi connectivity index (χ4v) is 3.24. The zero-order valence-electron chi connectivity index (χ0n) is 18.3. The zero-order valence-corrected chi connectivity index (χ0v) is 18.3. The van der Waals surface area contributed by atoms with Crippen LogP contribution in [0.1, 0.15) is 39.4 Å². The van der Waals surface area contributed by atoms with Crippen LogP contribution in [0.5, 0.6) is 23.0 Å². The maximum absolute atomic E-state index is 13.8. The Morgan fingerprint density at radius 1 is 1.03 bits per heavy atom. The van der Waals surface area contributed by atoms with Gasteiger partial charge in [-0.2, -0.15) is 13.2 Å². The summed E-state index contributed by atoms with van der Waals surface area (Å²) in [4.78, 5) is 25.2. The number of halogens is 3. The molecule has 0 N–H and O–H groups in total. The smallest absolute Gasteiger partial charge is 0.453 e. The van der Waals surface area contributed by atoms with Crippen molar-refractivity contribution in [1.29, 1.82) is 0 Å². The average molecular weight is 464 g/mol. The number of carbonyl (C=O) groups excluding carboxylic acids is 1. The topological polar surface area (TPSA) is 75.0 Å². The van der Waals surface area contributed by atoms with E-state index in [1.165, 1.54) is 30.3 Å². The normalized spacial score (nSPS) is 11.6. The molecule has 9 heteroatoms. The van der Waals surface area contributed by atoms with Crippen molar-refractivity contribution in [3.05, 3.63) is 58.4 Å². The van der Waals surface area contributed by atoms with E-state index in [2.05, 4.69) is 0 Å². The van der Waals surface area contributed by atoms with Crippen molar-refractivity contribution in [2.45, 2.75) is 39.8 Å². The number of esters is 1. The van der Waals surface area contributed by atoms with Crippen molar-refractivity contribution in [1.82, 2.24) is 0 Å². The van der Waals surface area contributed by atoms with E-state index in [4.69, 9.17) is 18.6 Å². The van der Waals surface area contributed by atoms with Gasteiger partial charge < -0.3 is 18.6 Å². The highest BCUT2D eigenvalue weighted by atomic mass is 19.4. The Kier molecular flexibility index (Phi) is 7.30. The quantitative estimate of drug-likeness (QED) is 0.286. The standard InChI is InChI=1S/C24H23F3O6/c1-4-14(5-2)23(29)31-15-11-12-16-19(13-15)33-22(24(25,26)27)21(20(16)28)32-18-10-8-7-9-17(18)30-6-3/h7-14H,4-6H2,1-3H3. The first kappa shape index (κ1) is 24.2. The van der Waals surface area contributed by atoms with E-state index in [-0.39, 0.29) is 40.7 Å². The number of benzene rings is 2. The number of para-hydroxylation sites is 2. The number of alkyl halides is 3. The summed E-state index contributed by atoms with van der Waals surface area (Å²) < 4.78 is 62.4. The number of carbonyl (C=O) groups is 1. The van der Waals surface area contributed by atoms with Crippen LogP contribution >= 0.6 is 0 Å². The summed E-state index contributed by atoms with van der Waals surface area (Å²) in [5, 5.41) is -0.158. The Bertz CT molecular complexity index is 1200. The van der Waals surface area contributed by atoms with E-state index in [9.17, 15) is 22.8 Å². The number of rotatable bonds is 8. The van der Waals surface area contributed by atoms with Crippen LogP contribution in [0.2, 0.25) is 0 Å². The molecule has 0 bridgehead atoms. The molecule has 0 amide bonds. The minimum absolute atomic E-state index is 0.0222. The largest absolute Gasteiger partial charge is 0.490 e. The van der Waals surface area contributed by atoms with Crippen molar-refractivity contribution < 1.29 is 36.6 Å². The van der Waals surface area contributed by atoms with Gasteiger partial charge in [0, 0.05) is 6.07 Å². The van der Waals surface area contributed by atoms with E-state index in [1.807, 2.05) is 13.8 Å². The van der Waals surface area contributed by atoms with Gasteiger partial charge in [-0.1, -0.05) is 26.0 Å². The van der Waals surface area contributed by atoms with Crippen LogP contribution in [0.4, 0.5) is 13.2 Å². The number of hydrogen-bond donors (Lipinski definition) is 0. The minimum atomic E-state index is -5.02. The molecule has 6 nitrogen and oxygen atoms in total. The van der Waals surface area contributed by atoms with Crippen molar-refractivity contribution in [3.63, 3.8) is 0 Å². The SMILES string of the molecule is CCOc1ccccc1Oc1c(C(F)(F)F)oc2cc(OC(=O)C(CC)CC)ccc2c1=O. The van der Waals surface area contributed by atoms with Crippen LogP contribution in [-0.4, -0.2) is 12.6 Å². The molecule has 1 aromatic heterocycles. The lowest BCUT2D eigenvalue weighted by molar-refractivity contribution is -0.154. The molecule has 0 spiro atoms. The monoisotopic (exact) mass is 464 g/mol. The maximum atomic E-state index is 13.8. The fourth-order valence-electron chi connectivity index (χ4n) is 3.24. The zero-order chi connectivity index (χ0) is 24.2. The summed E-state index contributed by atoms with van der Waals surface area (Å²) in [7, 11) is 0. The van der Waals surface area contributed by atoms with Gasteiger partial charge in [-0.25, -0.2) is 0 Å². The van der Waals surface area contributed by atoms with Gasteiger partial charge in [-0.15, -0.1) is 0 Å². The third kappa shape index (κ3) is 5.30. The van der Waals surface area contributed by atoms with Gasteiger partial charge in [-0.3, -0.25) is 9.59 Å². The highest BCUT2D eigenvalue weighted by Gasteiger charge is 2.40. The van der Waals surface area contributed by atoms with Crippen molar-refractivity contribution >= 4 is 16.9 Å². The summed E-state index contributed by atoms with van der Waals surface area (Å²) in [6.45, 7) is 5.61. The van der Waals surface area contributed by atoms with E-state index >= 15 is 0 Å². The lowest BCUT2D eigenvalue weighted by Gasteiger charge is -2.16. The molecular weight excluding hydrogens is 441 g/mol. The summed E-state index contributed by atoms with van der Waals surface area (Å²) in [5.74, 6) is -3.38. The van der Waals surface area contributed by atoms with Gasteiger partial charge in [0.1, 0.15) is 11.3 Å². The van der Waals surface area contributed by atoms with Gasteiger partial charge in [0.25, 0.3) is 5.76 Å². The van der Waals surface area contributed by atoms with E-state index in [1.54, 1.807) is 13.0 Å². The fraction of sp³-hybridized carbons (Fsp3) is 0.333. The highest BCUT2D eigenvalue weighted by molar-refractivity contribution is 5.82. The molecule has 0 unspecified atom stereocenters. The molecule has 0 saturated carbocycles. The lowest BCUT2D eigenvalue weighted by atomic mass is 10.0. The molecule has 0 saturated heterocycles.